The van der Waals surface area contributed by atoms with Gasteiger partial charge in [-0.2, -0.15) is 0 Å². The van der Waals surface area contributed by atoms with Crippen molar-refractivity contribution in [2.75, 3.05) is 11.9 Å². The van der Waals surface area contributed by atoms with Crippen LogP contribution in [0.2, 0.25) is 0 Å². The minimum Gasteiger partial charge on any atom is -0.464 e. The Bertz CT molecular complexity index is 825. The van der Waals surface area contributed by atoms with Gasteiger partial charge in [0.05, 0.1) is 18.2 Å². The van der Waals surface area contributed by atoms with E-state index in [1.165, 1.54) is 12.1 Å². The van der Waals surface area contributed by atoms with E-state index in [0.717, 1.165) is 24.7 Å². The highest BCUT2D eigenvalue weighted by molar-refractivity contribution is 5.84. The number of rotatable bonds is 3. The molecule has 0 saturated heterocycles. The van der Waals surface area contributed by atoms with Crippen LogP contribution in [0.25, 0.3) is 11.1 Å². The lowest BCUT2D eigenvalue weighted by Crippen LogP contribution is -2.31. The SMILES string of the molecule is CCOC(=O)C1CCCCC(C=O)c2cc(ccn2)-c2cc(F)ccc2N1. The van der Waals surface area contributed by atoms with E-state index < -0.39 is 6.04 Å². The minimum atomic E-state index is -0.524. The lowest BCUT2D eigenvalue weighted by Gasteiger charge is -2.22. The van der Waals surface area contributed by atoms with Gasteiger partial charge >= 0.3 is 5.97 Å². The number of hydrogen-bond donors (Lipinski definition) is 1. The smallest absolute Gasteiger partial charge is 0.328 e. The Morgan fingerprint density at radius 3 is 2.89 bits per heavy atom. The molecule has 5 nitrogen and oxygen atoms in total. The monoisotopic (exact) mass is 370 g/mol. The van der Waals surface area contributed by atoms with E-state index in [9.17, 15) is 14.0 Å². The maximum absolute atomic E-state index is 13.9. The van der Waals surface area contributed by atoms with E-state index >= 15 is 0 Å². The quantitative estimate of drug-likeness (QED) is 0.651. The standard InChI is InChI=1S/C21H23FN2O3/c1-2-27-21(26)19-6-4-3-5-15(13-25)20-11-14(9-10-23-20)17-12-16(22)7-8-18(17)24-19/h7-13,15,19,24H,2-6H2,1H3. The lowest BCUT2D eigenvalue weighted by atomic mass is 9.94. The van der Waals surface area contributed by atoms with Crippen molar-refractivity contribution in [3.63, 3.8) is 0 Å². The number of fused-ring (bicyclic) bond motifs is 4. The van der Waals surface area contributed by atoms with E-state index in [4.69, 9.17) is 4.74 Å². The van der Waals surface area contributed by atoms with Crippen molar-refractivity contribution in [1.82, 2.24) is 4.98 Å². The highest BCUT2D eigenvalue weighted by Crippen LogP contribution is 2.32. The number of nitrogens with one attached hydrogen (secondary N) is 1. The Morgan fingerprint density at radius 1 is 1.30 bits per heavy atom. The van der Waals surface area contributed by atoms with Crippen LogP contribution in [0, 0.1) is 5.82 Å². The molecule has 2 unspecified atom stereocenters. The lowest BCUT2D eigenvalue weighted by molar-refractivity contribution is -0.144. The Balaban J connectivity index is 2.07. The van der Waals surface area contributed by atoms with Crippen molar-refractivity contribution in [1.29, 1.82) is 0 Å². The molecule has 1 aliphatic rings. The van der Waals surface area contributed by atoms with Gasteiger partial charge in [0, 0.05) is 17.4 Å². The number of halogens is 1. The molecule has 1 aromatic heterocycles. The van der Waals surface area contributed by atoms with Crippen LogP contribution in [0.4, 0.5) is 10.1 Å². The molecule has 0 radical (unpaired) electrons. The van der Waals surface area contributed by atoms with Gasteiger partial charge in [-0.15, -0.1) is 0 Å². The molecule has 2 bridgehead atoms. The van der Waals surface area contributed by atoms with Crippen LogP contribution in [0.3, 0.4) is 0 Å². The molecule has 1 N–H and O–H groups in total. The second-order valence-electron chi connectivity index (χ2n) is 6.64. The zero-order valence-electron chi connectivity index (χ0n) is 15.3. The molecule has 1 aromatic carbocycles. The third-order valence-electron chi connectivity index (χ3n) is 4.78. The van der Waals surface area contributed by atoms with Gasteiger partial charge in [-0.3, -0.25) is 4.98 Å². The normalized spacial score (nSPS) is 19.6. The summed E-state index contributed by atoms with van der Waals surface area (Å²) in [6, 6.07) is 7.47. The van der Waals surface area contributed by atoms with E-state index in [1.807, 2.05) is 6.07 Å². The van der Waals surface area contributed by atoms with Gasteiger partial charge in [-0.25, -0.2) is 9.18 Å². The number of benzene rings is 1. The highest BCUT2D eigenvalue weighted by Gasteiger charge is 2.23. The van der Waals surface area contributed by atoms with Crippen LogP contribution in [0.5, 0.6) is 0 Å². The second kappa shape index (κ2) is 8.75. The fourth-order valence-electron chi connectivity index (χ4n) is 3.38. The first-order valence-electron chi connectivity index (χ1n) is 9.26. The first-order valence-corrected chi connectivity index (χ1v) is 9.26. The molecule has 0 spiro atoms. The summed E-state index contributed by atoms with van der Waals surface area (Å²) in [4.78, 5) is 28.3. The number of pyridine rings is 1. The Labute approximate surface area is 158 Å². The van der Waals surface area contributed by atoms with E-state index in [-0.39, 0.29) is 17.7 Å². The number of aromatic nitrogens is 1. The molecule has 0 fully saturated rings. The average Bonchev–Trinajstić information content (AvgIpc) is 2.67. The zero-order valence-corrected chi connectivity index (χ0v) is 15.3. The molecule has 27 heavy (non-hydrogen) atoms. The summed E-state index contributed by atoms with van der Waals surface area (Å²) >= 11 is 0. The summed E-state index contributed by atoms with van der Waals surface area (Å²) in [6.07, 6.45) is 5.32. The molecule has 6 heteroatoms. The van der Waals surface area contributed by atoms with Crippen LogP contribution in [-0.2, 0) is 14.3 Å². The van der Waals surface area contributed by atoms with Gasteiger partial charge in [-0.1, -0.05) is 12.8 Å². The Hall–Kier alpha value is -2.76. The summed E-state index contributed by atoms with van der Waals surface area (Å²) < 4.78 is 19.1. The molecule has 0 saturated carbocycles. The topological polar surface area (TPSA) is 68.3 Å². The van der Waals surface area contributed by atoms with Crippen LogP contribution in [-0.4, -0.2) is 29.9 Å². The van der Waals surface area contributed by atoms with E-state index in [2.05, 4.69) is 10.3 Å². The Morgan fingerprint density at radius 2 is 2.11 bits per heavy atom. The second-order valence-corrected chi connectivity index (χ2v) is 6.64. The number of ether oxygens (including phenoxy) is 1. The van der Waals surface area contributed by atoms with Crippen molar-refractivity contribution in [3.8, 4) is 11.1 Å². The number of aldehydes is 1. The number of hydrogen-bond acceptors (Lipinski definition) is 5. The van der Waals surface area contributed by atoms with Crippen molar-refractivity contribution in [2.24, 2.45) is 0 Å². The summed E-state index contributed by atoms with van der Waals surface area (Å²) in [5, 5.41) is 3.23. The summed E-state index contributed by atoms with van der Waals surface area (Å²) in [5.74, 6) is -1.01. The molecular formula is C21H23FN2O3. The van der Waals surface area contributed by atoms with Gasteiger partial charge in [-0.05, 0) is 55.7 Å². The maximum atomic E-state index is 13.9. The van der Waals surface area contributed by atoms with Gasteiger partial charge in [0.15, 0.2) is 0 Å². The van der Waals surface area contributed by atoms with Crippen molar-refractivity contribution in [3.05, 3.63) is 48.0 Å². The molecule has 0 aliphatic carbocycles. The number of nitrogens with zero attached hydrogens (tertiary/aromatic N) is 1. The van der Waals surface area contributed by atoms with E-state index in [0.29, 0.717) is 36.4 Å². The fraction of sp³-hybridized carbons (Fsp3) is 0.381. The number of carbonyl (C=O) groups is 2. The summed E-state index contributed by atoms with van der Waals surface area (Å²) in [5.41, 5.74) is 2.70. The Kier molecular flexibility index (Phi) is 6.16. The van der Waals surface area contributed by atoms with Crippen LogP contribution in [0.15, 0.2) is 36.5 Å². The predicted octanol–water partition coefficient (Wildman–Crippen LogP) is 4.09. The van der Waals surface area contributed by atoms with Gasteiger partial charge < -0.3 is 14.8 Å². The van der Waals surface area contributed by atoms with Crippen molar-refractivity contribution in [2.45, 2.75) is 44.6 Å². The molecule has 2 atom stereocenters. The van der Waals surface area contributed by atoms with Crippen LogP contribution >= 0.6 is 0 Å². The van der Waals surface area contributed by atoms with Crippen molar-refractivity contribution < 1.29 is 18.7 Å². The average molecular weight is 370 g/mol. The molecule has 0 amide bonds. The first kappa shape index (κ1) is 19.0. The molecule has 2 aromatic rings. The molecule has 1 aliphatic heterocycles. The third-order valence-corrected chi connectivity index (χ3v) is 4.78. The van der Waals surface area contributed by atoms with E-state index in [1.54, 1.807) is 25.3 Å². The predicted molar refractivity (Wildman–Crippen MR) is 101 cm³/mol. The number of esters is 1. The first-order chi connectivity index (χ1) is 13.1. The van der Waals surface area contributed by atoms with Gasteiger partial charge in [0.2, 0.25) is 0 Å². The molecular weight excluding hydrogens is 347 g/mol. The number of anilines is 1. The molecule has 3 rings (SSSR count). The summed E-state index contributed by atoms with van der Waals surface area (Å²) in [7, 11) is 0. The highest BCUT2D eigenvalue weighted by atomic mass is 19.1. The van der Waals surface area contributed by atoms with Gasteiger partial charge in [0.1, 0.15) is 18.1 Å². The van der Waals surface area contributed by atoms with Gasteiger partial charge in [0.25, 0.3) is 0 Å². The van der Waals surface area contributed by atoms with Crippen LogP contribution in [0.1, 0.15) is 44.2 Å². The summed E-state index contributed by atoms with van der Waals surface area (Å²) in [6.45, 7) is 2.07. The third kappa shape index (κ3) is 4.51. The molecule has 142 valence electrons. The largest absolute Gasteiger partial charge is 0.464 e. The molecule has 2 heterocycles. The van der Waals surface area contributed by atoms with Crippen molar-refractivity contribution >= 4 is 17.9 Å². The maximum Gasteiger partial charge on any atom is 0.328 e. The minimum absolute atomic E-state index is 0.300. The number of carbonyl (C=O) groups excluding carboxylic acids is 2. The zero-order chi connectivity index (χ0) is 19.2. The van der Waals surface area contributed by atoms with Crippen LogP contribution < -0.4 is 5.32 Å². The fourth-order valence-corrected chi connectivity index (χ4v) is 3.38.